The van der Waals surface area contributed by atoms with Gasteiger partial charge in [-0.2, -0.15) is 10.1 Å². The highest BCUT2D eigenvalue weighted by Gasteiger charge is 2.25. The number of aromatic nitrogens is 3. The smallest absolute Gasteiger partial charge is 0.244 e. The fourth-order valence-electron chi connectivity index (χ4n) is 1.22. The molecular weight excluding hydrogens is 212 g/mol. The maximum absolute atomic E-state index is 5.70. The van der Waals surface area contributed by atoms with Gasteiger partial charge in [0.05, 0.1) is 6.20 Å². The lowest BCUT2D eigenvalue weighted by Crippen LogP contribution is -2.39. The second-order valence-electron chi connectivity index (χ2n) is 4.74. The van der Waals surface area contributed by atoms with E-state index in [-0.39, 0.29) is 10.7 Å². The van der Waals surface area contributed by atoms with Gasteiger partial charge in [0.25, 0.3) is 0 Å². The second kappa shape index (κ2) is 4.31. The summed E-state index contributed by atoms with van der Waals surface area (Å²) in [4.78, 5) is 6.18. The molecule has 1 atom stereocenters. The highest BCUT2D eigenvalue weighted by atomic mass is 35.5. The lowest BCUT2D eigenvalue weighted by Gasteiger charge is -2.35. The number of hydrogen-bond acceptors (Lipinski definition) is 4. The molecule has 1 aromatic rings. The lowest BCUT2D eigenvalue weighted by atomic mass is 9.87. The van der Waals surface area contributed by atoms with Crippen molar-refractivity contribution in [1.82, 2.24) is 15.2 Å². The first-order valence-corrected chi connectivity index (χ1v) is 5.28. The van der Waals surface area contributed by atoms with Crippen molar-refractivity contribution >= 4 is 17.4 Å². The van der Waals surface area contributed by atoms with E-state index in [9.17, 15) is 0 Å². The summed E-state index contributed by atoms with van der Waals surface area (Å²) in [6.45, 7) is 8.70. The molecule has 1 heterocycles. The molecule has 0 aliphatic heterocycles. The predicted octanol–water partition coefficient (Wildman–Crippen LogP) is 2.40. The number of nitrogens with zero attached hydrogens (tertiary/aromatic N) is 4. The van der Waals surface area contributed by atoms with Gasteiger partial charge in [0, 0.05) is 13.1 Å². The molecule has 0 aromatic carbocycles. The summed E-state index contributed by atoms with van der Waals surface area (Å²) in [6, 6.07) is 0.338. The molecule has 1 unspecified atom stereocenters. The average Bonchev–Trinajstić information content (AvgIpc) is 2.14. The first-order chi connectivity index (χ1) is 6.82. The van der Waals surface area contributed by atoms with Crippen LogP contribution in [0.5, 0.6) is 0 Å². The maximum atomic E-state index is 5.70. The van der Waals surface area contributed by atoms with Crippen LogP contribution in [0.2, 0.25) is 5.28 Å². The Labute approximate surface area is 95.7 Å². The minimum atomic E-state index is 0.173. The van der Waals surface area contributed by atoms with Crippen molar-refractivity contribution in [2.24, 2.45) is 5.41 Å². The Balaban J connectivity index is 2.90. The number of rotatable bonds is 2. The zero-order valence-corrected chi connectivity index (χ0v) is 10.6. The maximum Gasteiger partial charge on any atom is 0.244 e. The van der Waals surface area contributed by atoms with Crippen molar-refractivity contribution in [3.63, 3.8) is 0 Å². The van der Waals surface area contributed by atoms with Crippen LogP contribution in [-0.4, -0.2) is 28.3 Å². The van der Waals surface area contributed by atoms with Gasteiger partial charge in [0.15, 0.2) is 5.82 Å². The SMILES string of the molecule is CC(N(C)c1cnnc(Cl)n1)C(C)(C)C. The first kappa shape index (κ1) is 12.2. The second-order valence-corrected chi connectivity index (χ2v) is 5.07. The molecule has 0 aliphatic rings. The number of halogens is 1. The van der Waals surface area contributed by atoms with Crippen LogP contribution < -0.4 is 4.90 Å². The molecule has 4 nitrogen and oxygen atoms in total. The van der Waals surface area contributed by atoms with Gasteiger partial charge in [-0.05, 0) is 23.9 Å². The summed E-state index contributed by atoms with van der Waals surface area (Å²) in [5.41, 5.74) is 0.173. The van der Waals surface area contributed by atoms with Crippen LogP contribution in [0.15, 0.2) is 6.20 Å². The Bertz CT molecular complexity index is 334. The number of anilines is 1. The molecule has 0 aliphatic carbocycles. The standard InChI is InChI=1S/C10H17ClN4/c1-7(10(2,3)4)15(5)8-6-12-14-9(11)13-8/h6-7H,1-5H3. The minimum absolute atomic E-state index is 0.173. The van der Waals surface area contributed by atoms with Crippen molar-refractivity contribution in [3.05, 3.63) is 11.5 Å². The summed E-state index contributed by atoms with van der Waals surface area (Å²) >= 11 is 5.70. The molecule has 0 saturated carbocycles. The van der Waals surface area contributed by atoms with E-state index < -0.39 is 0 Å². The molecular formula is C10H17ClN4. The van der Waals surface area contributed by atoms with E-state index in [1.807, 2.05) is 7.05 Å². The van der Waals surface area contributed by atoms with Crippen LogP contribution in [0.3, 0.4) is 0 Å². The molecule has 0 N–H and O–H groups in total. The third-order valence-electron chi connectivity index (χ3n) is 2.72. The van der Waals surface area contributed by atoms with Crippen LogP contribution in [0, 0.1) is 5.41 Å². The largest absolute Gasteiger partial charge is 0.355 e. The Morgan fingerprint density at radius 2 is 2.00 bits per heavy atom. The molecule has 84 valence electrons. The van der Waals surface area contributed by atoms with E-state index in [4.69, 9.17) is 11.6 Å². The van der Waals surface area contributed by atoms with Crippen LogP contribution in [0.1, 0.15) is 27.7 Å². The predicted molar refractivity (Wildman–Crippen MR) is 62.2 cm³/mol. The van der Waals surface area contributed by atoms with E-state index in [2.05, 4.69) is 47.8 Å². The Morgan fingerprint density at radius 1 is 1.40 bits per heavy atom. The van der Waals surface area contributed by atoms with E-state index in [0.29, 0.717) is 6.04 Å². The molecule has 15 heavy (non-hydrogen) atoms. The van der Waals surface area contributed by atoms with Gasteiger partial charge in [-0.1, -0.05) is 20.8 Å². The molecule has 0 fully saturated rings. The van der Waals surface area contributed by atoms with Crippen LogP contribution in [-0.2, 0) is 0 Å². The highest BCUT2D eigenvalue weighted by molar-refractivity contribution is 6.28. The van der Waals surface area contributed by atoms with Crippen molar-refractivity contribution in [1.29, 1.82) is 0 Å². The Hall–Kier alpha value is -0.900. The molecule has 1 aromatic heterocycles. The molecule has 0 radical (unpaired) electrons. The lowest BCUT2D eigenvalue weighted by molar-refractivity contribution is 0.328. The summed E-state index contributed by atoms with van der Waals surface area (Å²) in [7, 11) is 1.98. The summed E-state index contributed by atoms with van der Waals surface area (Å²) in [5.74, 6) is 0.748. The molecule has 0 bridgehead atoms. The molecule has 0 saturated heterocycles. The fraction of sp³-hybridized carbons (Fsp3) is 0.700. The van der Waals surface area contributed by atoms with Gasteiger partial charge in [-0.3, -0.25) is 0 Å². The van der Waals surface area contributed by atoms with Crippen molar-refractivity contribution in [2.45, 2.75) is 33.7 Å². The number of hydrogen-bond donors (Lipinski definition) is 0. The van der Waals surface area contributed by atoms with Gasteiger partial charge < -0.3 is 4.90 Å². The van der Waals surface area contributed by atoms with Crippen molar-refractivity contribution in [3.8, 4) is 0 Å². The van der Waals surface area contributed by atoms with Crippen LogP contribution >= 0.6 is 11.6 Å². The van der Waals surface area contributed by atoms with E-state index >= 15 is 0 Å². The molecule has 0 amide bonds. The third kappa shape index (κ3) is 3.02. The molecule has 1 rings (SSSR count). The van der Waals surface area contributed by atoms with E-state index in [1.165, 1.54) is 0 Å². The van der Waals surface area contributed by atoms with Gasteiger partial charge in [-0.25, -0.2) is 0 Å². The average molecular weight is 229 g/mol. The first-order valence-electron chi connectivity index (χ1n) is 4.90. The van der Waals surface area contributed by atoms with Crippen LogP contribution in [0.4, 0.5) is 5.82 Å². The van der Waals surface area contributed by atoms with Gasteiger partial charge >= 0.3 is 0 Å². The Morgan fingerprint density at radius 3 is 2.47 bits per heavy atom. The zero-order chi connectivity index (χ0) is 11.6. The third-order valence-corrected chi connectivity index (χ3v) is 2.88. The van der Waals surface area contributed by atoms with E-state index in [0.717, 1.165) is 5.82 Å². The summed E-state index contributed by atoms with van der Waals surface area (Å²) in [5, 5.41) is 7.59. The highest BCUT2D eigenvalue weighted by Crippen LogP contribution is 2.25. The summed E-state index contributed by atoms with van der Waals surface area (Å²) in [6.07, 6.45) is 1.62. The van der Waals surface area contributed by atoms with Gasteiger partial charge in [0.1, 0.15) is 0 Å². The van der Waals surface area contributed by atoms with Gasteiger partial charge in [-0.15, -0.1) is 5.10 Å². The normalized spacial score (nSPS) is 13.7. The Kier molecular flexibility index (Phi) is 3.50. The fourth-order valence-corrected chi connectivity index (χ4v) is 1.35. The summed E-state index contributed by atoms with van der Waals surface area (Å²) < 4.78 is 0. The van der Waals surface area contributed by atoms with Crippen molar-refractivity contribution < 1.29 is 0 Å². The van der Waals surface area contributed by atoms with Gasteiger partial charge in [0.2, 0.25) is 5.28 Å². The quantitative estimate of drug-likeness (QED) is 0.780. The zero-order valence-electron chi connectivity index (χ0n) is 9.82. The molecule has 5 heteroatoms. The minimum Gasteiger partial charge on any atom is -0.355 e. The van der Waals surface area contributed by atoms with Crippen LogP contribution in [0.25, 0.3) is 0 Å². The van der Waals surface area contributed by atoms with E-state index in [1.54, 1.807) is 6.20 Å². The topological polar surface area (TPSA) is 41.9 Å². The molecule has 0 spiro atoms. The monoisotopic (exact) mass is 228 g/mol. The van der Waals surface area contributed by atoms with Crippen molar-refractivity contribution in [2.75, 3.05) is 11.9 Å².